The third-order valence-electron chi connectivity index (χ3n) is 3.84. The van der Waals surface area contributed by atoms with Crippen molar-refractivity contribution in [2.75, 3.05) is 0 Å². The number of nitrogens with zero attached hydrogens (tertiary/aromatic N) is 1. The van der Waals surface area contributed by atoms with Crippen LogP contribution in [0.3, 0.4) is 0 Å². The van der Waals surface area contributed by atoms with Gasteiger partial charge < -0.3 is 15.8 Å². The maximum Gasteiger partial charge on any atom is 0.257 e. The Hall–Kier alpha value is -3.32. The van der Waals surface area contributed by atoms with E-state index in [0.717, 1.165) is 0 Å². The molecular weight excluding hydrogens is 352 g/mol. The molecule has 0 bridgehead atoms. The summed E-state index contributed by atoms with van der Waals surface area (Å²) in [6.45, 7) is 0.240. The maximum absolute atomic E-state index is 14.0. The minimum absolute atomic E-state index is 0.000397. The van der Waals surface area contributed by atoms with E-state index in [1.54, 1.807) is 18.2 Å². The predicted molar refractivity (Wildman–Crippen MR) is 96.2 cm³/mol. The number of hydrogen-bond donors (Lipinski definition) is 2. The molecule has 1 amide bonds. The van der Waals surface area contributed by atoms with Crippen LogP contribution in [0, 0.1) is 11.6 Å². The summed E-state index contributed by atoms with van der Waals surface area (Å²) in [5, 5.41) is 2.64. The first-order valence-electron chi connectivity index (χ1n) is 8.21. The van der Waals surface area contributed by atoms with E-state index < -0.39 is 17.5 Å². The highest BCUT2D eigenvalue weighted by molar-refractivity contribution is 5.96. The molecule has 0 radical (unpaired) electrons. The topological polar surface area (TPSA) is 77.2 Å². The molecule has 0 spiro atoms. The van der Waals surface area contributed by atoms with E-state index in [4.69, 9.17) is 10.5 Å². The van der Waals surface area contributed by atoms with Gasteiger partial charge in [0.15, 0.2) is 0 Å². The first kappa shape index (κ1) is 18.5. The SMILES string of the molecule is NCc1ccc(CNC(=O)c2cccnc2Oc2ccc(F)cc2)c(F)c1. The third kappa shape index (κ3) is 4.65. The van der Waals surface area contributed by atoms with Gasteiger partial charge in [-0.3, -0.25) is 4.79 Å². The quantitative estimate of drug-likeness (QED) is 0.697. The molecule has 7 heteroatoms. The Balaban J connectivity index is 1.72. The van der Waals surface area contributed by atoms with E-state index in [9.17, 15) is 13.6 Å². The highest BCUT2D eigenvalue weighted by Gasteiger charge is 2.15. The average molecular weight is 369 g/mol. The third-order valence-corrected chi connectivity index (χ3v) is 3.84. The van der Waals surface area contributed by atoms with Crippen molar-refractivity contribution < 1.29 is 18.3 Å². The van der Waals surface area contributed by atoms with Crippen LogP contribution in [0.5, 0.6) is 11.6 Å². The van der Waals surface area contributed by atoms with E-state index in [0.29, 0.717) is 16.9 Å². The Morgan fingerprint density at radius 3 is 2.59 bits per heavy atom. The smallest absolute Gasteiger partial charge is 0.257 e. The van der Waals surface area contributed by atoms with Crippen molar-refractivity contribution >= 4 is 5.91 Å². The van der Waals surface area contributed by atoms with Crippen LogP contribution >= 0.6 is 0 Å². The second-order valence-electron chi connectivity index (χ2n) is 5.72. The summed E-state index contributed by atoms with van der Waals surface area (Å²) in [6.07, 6.45) is 1.47. The largest absolute Gasteiger partial charge is 0.438 e. The molecule has 3 N–H and O–H groups in total. The molecule has 0 aliphatic heterocycles. The van der Waals surface area contributed by atoms with Crippen molar-refractivity contribution in [3.8, 4) is 11.6 Å². The second kappa shape index (κ2) is 8.37. The van der Waals surface area contributed by atoms with E-state index in [1.807, 2.05) is 0 Å². The first-order chi connectivity index (χ1) is 13.1. The van der Waals surface area contributed by atoms with Gasteiger partial charge in [-0.25, -0.2) is 13.8 Å². The van der Waals surface area contributed by atoms with Crippen LogP contribution in [-0.4, -0.2) is 10.9 Å². The zero-order valence-corrected chi connectivity index (χ0v) is 14.3. The molecule has 0 saturated heterocycles. The van der Waals surface area contributed by atoms with Gasteiger partial charge in [-0.05, 0) is 48.0 Å². The number of nitrogens with one attached hydrogen (secondary N) is 1. The number of aromatic nitrogens is 1. The summed E-state index contributed by atoms with van der Waals surface area (Å²) < 4.78 is 32.6. The Morgan fingerprint density at radius 1 is 1.11 bits per heavy atom. The van der Waals surface area contributed by atoms with Gasteiger partial charge in [0.25, 0.3) is 5.91 Å². The molecule has 27 heavy (non-hydrogen) atoms. The number of rotatable bonds is 6. The van der Waals surface area contributed by atoms with Crippen molar-refractivity contribution in [3.63, 3.8) is 0 Å². The number of ether oxygens (including phenoxy) is 1. The fraction of sp³-hybridized carbons (Fsp3) is 0.100. The number of nitrogens with two attached hydrogens (primary N) is 1. The number of benzene rings is 2. The van der Waals surface area contributed by atoms with Crippen LogP contribution < -0.4 is 15.8 Å². The summed E-state index contributed by atoms with van der Waals surface area (Å²) in [6, 6.07) is 13.1. The van der Waals surface area contributed by atoms with Gasteiger partial charge in [-0.2, -0.15) is 0 Å². The van der Waals surface area contributed by atoms with Gasteiger partial charge in [-0.1, -0.05) is 12.1 Å². The van der Waals surface area contributed by atoms with E-state index in [2.05, 4.69) is 10.3 Å². The van der Waals surface area contributed by atoms with Gasteiger partial charge in [0.05, 0.1) is 0 Å². The normalized spacial score (nSPS) is 10.5. The Bertz CT molecular complexity index is 946. The van der Waals surface area contributed by atoms with Crippen molar-refractivity contribution in [2.24, 2.45) is 5.73 Å². The van der Waals surface area contributed by atoms with Gasteiger partial charge in [-0.15, -0.1) is 0 Å². The minimum Gasteiger partial charge on any atom is -0.438 e. The standard InChI is InChI=1S/C20H17F2N3O2/c21-15-5-7-16(8-6-15)27-20-17(2-1-9-24-20)19(26)25-12-14-4-3-13(11-23)10-18(14)22/h1-10H,11-12,23H2,(H,25,26). The van der Waals surface area contributed by atoms with E-state index in [1.165, 1.54) is 42.6 Å². The highest BCUT2D eigenvalue weighted by atomic mass is 19.1. The first-order valence-corrected chi connectivity index (χ1v) is 8.21. The summed E-state index contributed by atoms with van der Waals surface area (Å²) in [4.78, 5) is 16.5. The van der Waals surface area contributed by atoms with Gasteiger partial charge in [0.1, 0.15) is 22.9 Å². The fourth-order valence-corrected chi connectivity index (χ4v) is 2.39. The monoisotopic (exact) mass is 369 g/mol. The number of halogens is 2. The number of pyridine rings is 1. The number of amides is 1. The average Bonchev–Trinajstić information content (AvgIpc) is 2.69. The molecule has 1 heterocycles. The minimum atomic E-state index is -0.470. The van der Waals surface area contributed by atoms with Crippen molar-refractivity contribution in [1.82, 2.24) is 10.3 Å². The molecule has 0 aliphatic carbocycles. The lowest BCUT2D eigenvalue weighted by Crippen LogP contribution is -2.24. The van der Waals surface area contributed by atoms with E-state index in [-0.39, 0.29) is 24.5 Å². The molecule has 0 fully saturated rings. The van der Waals surface area contributed by atoms with Crippen molar-refractivity contribution in [1.29, 1.82) is 0 Å². The molecule has 2 aromatic carbocycles. The Kier molecular flexibility index (Phi) is 5.73. The summed E-state index contributed by atoms with van der Waals surface area (Å²) in [7, 11) is 0. The highest BCUT2D eigenvalue weighted by Crippen LogP contribution is 2.23. The van der Waals surface area contributed by atoms with Crippen LogP contribution in [0.15, 0.2) is 60.8 Å². The van der Waals surface area contributed by atoms with E-state index >= 15 is 0 Å². The molecule has 0 atom stereocenters. The Morgan fingerprint density at radius 2 is 1.89 bits per heavy atom. The molecule has 3 rings (SSSR count). The van der Waals surface area contributed by atoms with Crippen LogP contribution in [0.2, 0.25) is 0 Å². The molecule has 0 aliphatic rings. The number of carbonyl (C=O) groups is 1. The molecule has 1 aromatic heterocycles. The molecule has 0 unspecified atom stereocenters. The molecule has 0 saturated carbocycles. The predicted octanol–water partition coefficient (Wildman–Crippen LogP) is 3.54. The van der Waals surface area contributed by atoms with Gasteiger partial charge in [0, 0.05) is 24.8 Å². The van der Waals surface area contributed by atoms with Crippen LogP contribution in [-0.2, 0) is 13.1 Å². The lowest BCUT2D eigenvalue weighted by Gasteiger charge is -2.11. The molecule has 3 aromatic rings. The fourth-order valence-electron chi connectivity index (χ4n) is 2.39. The van der Waals surface area contributed by atoms with Crippen molar-refractivity contribution in [3.05, 3.63) is 89.1 Å². The van der Waals surface area contributed by atoms with Crippen LogP contribution in [0.1, 0.15) is 21.5 Å². The summed E-state index contributed by atoms with van der Waals surface area (Å²) >= 11 is 0. The summed E-state index contributed by atoms with van der Waals surface area (Å²) in [5.74, 6) is -0.896. The maximum atomic E-state index is 14.0. The lowest BCUT2D eigenvalue weighted by atomic mass is 10.1. The van der Waals surface area contributed by atoms with Crippen molar-refractivity contribution in [2.45, 2.75) is 13.1 Å². The van der Waals surface area contributed by atoms with Crippen LogP contribution in [0.25, 0.3) is 0 Å². The second-order valence-corrected chi connectivity index (χ2v) is 5.72. The number of hydrogen-bond acceptors (Lipinski definition) is 4. The number of carbonyl (C=O) groups excluding carboxylic acids is 1. The lowest BCUT2D eigenvalue weighted by molar-refractivity contribution is 0.0947. The Labute approximate surface area is 154 Å². The van der Waals surface area contributed by atoms with Gasteiger partial charge >= 0.3 is 0 Å². The van der Waals surface area contributed by atoms with Gasteiger partial charge in [0.2, 0.25) is 5.88 Å². The zero-order valence-electron chi connectivity index (χ0n) is 14.3. The summed E-state index contributed by atoms with van der Waals surface area (Å²) in [5.41, 5.74) is 6.67. The molecule has 138 valence electrons. The van der Waals surface area contributed by atoms with Crippen LogP contribution in [0.4, 0.5) is 8.78 Å². The molecular formula is C20H17F2N3O2. The molecule has 5 nitrogen and oxygen atoms in total. The zero-order chi connectivity index (χ0) is 19.2.